The zero-order chi connectivity index (χ0) is 18.2. The van der Waals surface area contributed by atoms with Crippen LogP contribution in [0, 0.1) is 0 Å². The molecule has 130 valence electrons. The molecular formula is C26H15NO. The average Bonchev–Trinajstić information content (AvgIpc) is 3.33. The van der Waals surface area contributed by atoms with Gasteiger partial charge >= 0.3 is 0 Å². The summed E-state index contributed by atoms with van der Waals surface area (Å²) in [5.41, 5.74) is 4.09. The zero-order valence-corrected chi connectivity index (χ0v) is 15.0. The van der Waals surface area contributed by atoms with E-state index in [0.717, 1.165) is 22.2 Å². The van der Waals surface area contributed by atoms with Crippen molar-refractivity contribution in [2.75, 3.05) is 0 Å². The summed E-state index contributed by atoms with van der Waals surface area (Å²) in [5, 5.41) is 9.90. The number of para-hydroxylation sites is 1. The van der Waals surface area contributed by atoms with Crippen LogP contribution in [-0.4, -0.2) is 4.98 Å². The second-order valence-electron chi connectivity index (χ2n) is 7.43. The maximum Gasteiger partial charge on any atom is 0.160 e. The second-order valence-corrected chi connectivity index (χ2v) is 7.43. The molecule has 0 aliphatic rings. The molecule has 2 heteroatoms. The smallest absolute Gasteiger partial charge is 0.160 e. The molecule has 5 aromatic carbocycles. The van der Waals surface area contributed by atoms with Crippen LogP contribution in [0.25, 0.3) is 65.3 Å². The number of rotatable bonds is 0. The quantitative estimate of drug-likeness (QED) is 0.299. The fourth-order valence-electron chi connectivity index (χ4n) is 4.81. The minimum atomic E-state index is 0.929. The van der Waals surface area contributed by atoms with Crippen LogP contribution >= 0.6 is 0 Å². The molecule has 0 aliphatic carbocycles. The number of H-pyrrole nitrogens is 1. The van der Waals surface area contributed by atoms with Crippen LogP contribution in [0.15, 0.2) is 89.3 Å². The molecule has 28 heavy (non-hydrogen) atoms. The molecule has 0 atom stereocenters. The molecule has 2 nitrogen and oxygen atoms in total. The summed E-state index contributed by atoms with van der Waals surface area (Å²) in [7, 11) is 0. The van der Waals surface area contributed by atoms with Crippen molar-refractivity contribution in [3.05, 3.63) is 84.9 Å². The molecule has 0 saturated carbocycles. The Morgan fingerprint density at radius 3 is 2.07 bits per heavy atom. The lowest BCUT2D eigenvalue weighted by Crippen LogP contribution is -1.79. The first-order chi connectivity index (χ1) is 13.9. The number of aromatic nitrogens is 1. The number of aromatic amines is 1. The maximum absolute atomic E-state index is 6.38. The van der Waals surface area contributed by atoms with Crippen molar-refractivity contribution in [2.45, 2.75) is 0 Å². The topological polar surface area (TPSA) is 28.9 Å². The third-order valence-corrected chi connectivity index (χ3v) is 5.98. The van der Waals surface area contributed by atoms with E-state index >= 15 is 0 Å². The van der Waals surface area contributed by atoms with Crippen LogP contribution in [0.2, 0.25) is 0 Å². The van der Waals surface area contributed by atoms with E-state index in [-0.39, 0.29) is 0 Å². The summed E-state index contributed by atoms with van der Waals surface area (Å²) in [4.78, 5) is 3.67. The first-order valence-corrected chi connectivity index (χ1v) is 9.55. The molecule has 0 amide bonds. The summed E-state index contributed by atoms with van der Waals surface area (Å²) in [5.74, 6) is 0. The minimum absolute atomic E-state index is 0.929. The number of fused-ring (bicyclic) bond motifs is 12. The van der Waals surface area contributed by atoms with E-state index in [2.05, 4.69) is 77.8 Å². The second kappa shape index (κ2) is 4.93. The van der Waals surface area contributed by atoms with Gasteiger partial charge in [-0.2, -0.15) is 0 Å². The van der Waals surface area contributed by atoms with E-state index in [1.807, 2.05) is 12.1 Å². The highest BCUT2D eigenvalue weighted by Crippen LogP contribution is 2.44. The van der Waals surface area contributed by atoms with Crippen molar-refractivity contribution in [3.63, 3.8) is 0 Å². The van der Waals surface area contributed by atoms with Crippen molar-refractivity contribution in [1.82, 2.24) is 4.98 Å². The predicted molar refractivity (Wildman–Crippen MR) is 118 cm³/mol. The van der Waals surface area contributed by atoms with E-state index in [4.69, 9.17) is 4.42 Å². The highest BCUT2D eigenvalue weighted by molar-refractivity contribution is 6.37. The van der Waals surface area contributed by atoms with Gasteiger partial charge in [0.1, 0.15) is 5.58 Å². The summed E-state index contributed by atoms with van der Waals surface area (Å²) in [6, 6.07) is 30.0. The van der Waals surface area contributed by atoms with Gasteiger partial charge < -0.3 is 9.40 Å². The Labute approximate surface area is 160 Å². The predicted octanol–water partition coefficient (Wildman–Crippen LogP) is 7.53. The SMILES string of the molecule is c1ccc2c(c1)ccc1[nH]c3c4oc5ccccc5c4c4ccccc4c3c12. The first kappa shape index (κ1) is 14.3. The fourth-order valence-corrected chi connectivity index (χ4v) is 4.81. The van der Waals surface area contributed by atoms with Crippen molar-refractivity contribution in [3.8, 4) is 0 Å². The highest BCUT2D eigenvalue weighted by Gasteiger charge is 2.19. The highest BCUT2D eigenvalue weighted by atomic mass is 16.3. The molecule has 1 N–H and O–H groups in total. The van der Waals surface area contributed by atoms with Gasteiger partial charge in [-0.25, -0.2) is 0 Å². The fraction of sp³-hybridized carbons (Fsp3) is 0. The zero-order valence-electron chi connectivity index (χ0n) is 15.0. The van der Waals surface area contributed by atoms with Gasteiger partial charge in [0.05, 0.1) is 5.52 Å². The Morgan fingerprint density at radius 2 is 1.21 bits per heavy atom. The molecule has 0 bridgehead atoms. The maximum atomic E-state index is 6.38. The van der Waals surface area contributed by atoms with Gasteiger partial charge in [0.15, 0.2) is 5.58 Å². The summed E-state index contributed by atoms with van der Waals surface area (Å²) >= 11 is 0. The number of furan rings is 1. The van der Waals surface area contributed by atoms with Gasteiger partial charge in [-0.1, -0.05) is 72.8 Å². The third-order valence-electron chi connectivity index (χ3n) is 5.98. The largest absolute Gasteiger partial charge is 0.454 e. The number of hydrogen-bond donors (Lipinski definition) is 1. The van der Waals surface area contributed by atoms with Gasteiger partial charge in [0.25, 0.3) is 0 Å². The van der Waals surface area contributed by atoms with Crippen molar-refractivity contribution < 1.29 is 4.42 Å². The van der Waals surface area contributed by atoms with Gasteiger partial charge in [-0.05, 0) is 33.7 Å². The van der Waals surface area contributed by atoms with Crippen LogP contribution in [-0.2, 0) is 0 Å². The molecule has 0 spiro atoms. The number of nitrogens with one attached hydrogen (secondary N) is 1. The molecule has 7 aromatic rings. The molecule has 2 heterocycles. The van der Waals surface area contributed by atoms with Crippen LogP contribution in [0.1, 0.15) is 0 Å². The average molecular weight is 357 g/mol. The summed E-state index contributed by atoms with van der Waals surface area (Å²) in [6.45, 7) is 0. The summed E-state index contributed by atoms with van der Waals surface area (Å²) < 4.78 is 6.38. The lowest BCUT2D eigenvalue weighted by Gasteiger charge is -2.05. The van der Waals surface area contributed by atoms with E-state index in [9.17, 15) is 0 Å². The monoisotopic (exact) mass is 357 g/mol. The lowest BCUT2D eigenvalue weighted by molar-refractivity contribution is 0.672. The van der Waals surface area contributed by atoms with Crippen molar-refractivity contribution in [2.24, 2.45) is 0 Å². The lowest BCUT2D eigenvalue weighted by atomic mass is 9.97. The van der Waals surface area contributed by atoms with E-state index in [1.165, 1.54) is 43.1 Å². The van der Waals surface area contributed by atoms with E-state index in [1.54, 1.807) is 0 Å². The molecule has 0 unspecified atom stereocenters. The van der Waals surface area contributed by atoms with Gasteiger partial charge in [0, 0.05) is 27.1 Å². The van der Waals surface area contributed by atoms with Crippen LogP contribution in [0.4, 0.5) is 0 Å². The Kier molecular flexibility index (Phi) is 2.52. The third kappa shape index (κ3) is 1.64. The first-order valence-electron chi connectivity index (χ1n) is 9.55. The minimum Gasteiger partial charge on any atom is -0.454 e. The summed E-state index contributed by atoms with van der Waals surface area (Å²) in [6.07, 6.45) is 0. The Bertz CT molecular complexity index is 1720. The van der Waals surface area contributed by atoms with Crippen LogP contribution in [0.5, 0.6) is 0 Å². The van der Waals surface area contributed by atoms with Crippen molar-refractivity contribution in [1.29, 1.82) is 0 Å². The molecule has 0 saturated heterocycles. The van der Waals surface area contributed by atoms with Gasteiger partial charge in [-0.3, -0.25) is 0 Å². The Hall–Kier alpha value is -3.78. The molecule has 7 rings (SSSR count). The van der Waals surface area contributed by atoms with Crippen LogP contribution < -0.4 is 0 Å². The van der Waals surface area contributed by atoms with Gasteiger partial charge in [-0.15, -0.1) is 0 Å². The number of hydrogen-bond acceptors (Lipinski definition) is 1. The van der Waals surface area contributed by atoms with Gasteiger partial charge in [0.2, 0.25) is 0 Å². The normalized spacial score (nSPS) is 12.3. The Balaban J connectivity index is 1.90. The molecule has 0 aliphatic heterocycles. The van der Waals surface area contributed by atoms with Crippen molar-refractivity contribution >= 4 is 65.3 Å². The standard InChI is InChI=1S/C26H15NO/c1-2-8-16-15(7-1)13-14-20-23(16)24-18-10-4-3-9-17(18)22-19-11-5-6-12-21(19)28-26(22)25(24)27-20/h1-14,27H. The van der Waals surface area contributed by atoms with E-state index in [0.29, 0.717) is 0 Å². The molecule has 2 aromatic heterocycles. The van der Waals surface area contributed by atoms with E-state index < -0.39 is 0 Å². The van der Waals surface area contributed by atoms with Crippen LogP contribution in [0.3, 0.4) is 0 Å². The number of benzene rings is 5. The molecule has 0 fully saturated rings. The molecule has 0 radical (unpaired) electrons. The Morgan fingerprint density at radius 1 is 0.536 bits per heavy atom. The molecular weight excluding hydrogens is 342 g/mol.